The van der Waals surface area contributed by atoms with E-state index in [9.17, 15) is 9.18 Å². The Morgan fingerprint density at radius 1 is 1.45 bits per heavy atom. The molecule has 0 spiro atoms. The van der Waals surface area contributed by atoms with Crippen LogP contribution in [0, 0.1) is 5.82 Å². The van der Waals surface area contributed by atoms with Gasteiger partial charge in [0.2, 0.25) is 5.91 Å². The van der Waals surface area contributed by atoms with E-state index in [1.807, 2.05) is 0 Å². The second kappa shape index (κ2) is 6.88. The predicted octanol–water partition coefficient (Wildman–Crippen LogP) is 1.70. The molecular weight excluding hydrogens is 287 g/mol. The molecule has 1 fully saturated rings. The monoisotopic (exact) mass is 304 g/mol. The van der Waals surface area contributed by atoms with Crippen LogP contribution in [0.4, 0.5) is 10.1 Å². The second-order valence-corrected chi connectivity index (χ2v) is 4.57. The maximum absolute atomic E-state index is 13.6. The lowest BCUT2D eigenvalue weighted by atomic mass is 9.90. The number of carbonyl (C=O) groups is 1. The standard InChI is InChI=1S/C13H17FN2O3.ClH/c1-18-9-2-3-10(14)11(8-9)16-12(17)13(15)4-6-19-7-5-13;/h2-3,8H,4-7,15H2,1H3,(H,16,17);1H. The van der Waals surface area contributed by atoms with Crippen molar-refractivity contribution < 1.29 is 18.7 Å². The van der Waals surface area contributed by atoms with E-state index in [0.717, 1.165) is 0 Å². The molecule has 0 radical (unpaired) electrons. The molecular formula is C13H18ClFN2O3. The van der Waals surface area contributed by atoms with Crippen molar-refractivity contribution >= 4 is 24.0 Å². The van der Waals surface area contributed by atoms with E-state index in [1.54, 1.807) is 0 Å². The van der Waals surface area contributed by atoms with E-state index in [1.165, 1.54) is 25.3 Å². The average Bonchev–Trinajstić information content (AvgIpc) is 2.42. The van der Waals surface area contributed by atoms with E-state index in [-0.39, 0.29) is 18.1 Å². The SMILES string of the molecule is COc1ccc(F)c(NC(=O)C2(N)CCOCC2)c1.Cl. The summed E-state index contributed by atoms with van der Waals surface area (Å²) in [5.74, 6) is -0.456. The topological polar surface area (TPSA) is 73.6 Å². The van der Waals surface area contributed by atoms with Crippen LogP contribution in [0.5, 0.6) is 5.75 Å². The van der Waals surface area contributed by atoms with Gasteiger partial charge >= 0.3 is 0 Å². The van der Waals surface area contributed by atoms with Crippen LogP contribution in [-0.4, -0.2) is 31.8 Å². The van der Waals surface area contributed by atoms with Gasteiger partial charge in [-0.05, 0) is 25.0 Å². The molecule has 1 heterocycles. The van der Waals surface area contributed by atoms with Gasteiger partial charge in [-0.25, -0.2) is 4.39 Å². The molecule has 2 rings (SSSR count). The maximum Gasteiger partial charge on any atom is 0.244 e. The summed E-state index contributed by atoms with van der Waals surface area (Å²) in [6, 6.07) is 4.15. The van der Waals surface area contributed by atoms with Crippen LogP contribution in [0.15, 0.2) is 18.2 Å². The number of methoxy groups -OCH3 is 1. The molecule has 1 saturated heterocycles. The van der Waals surface area contributed by atoms with E-state index in [2.05, 4.69) is 5.32 Å². The number of hydrogen-bond donors (Lipinski definition) is 2. The first-order chi connectivity index (χ1) is 9.05. The zero-order valence-electron chi connectivity index (χ0n) is 11.1. The van der Waals surface area contributed by atoms with E-state index in [4.69, 9.17) is 15.2 Å². The van der Waals surface area contributed by atoms with Gasteiger partial charge < -0.3 is 20.5 Å². The smallest absolute Gasteiger partial charge is 0.244 e. The Hall–Kier alpha value is -1.37. The highest BCUT2D eigenvalue weighted by Gasteiger charge is 2.36. The van der Waals surface area contributed by atoms with Gasteiger partial charge in [-0.2, -0.15) is 0 Å². The minimum atomic E-state index is -1.01. The molecule has 1 aromatic rings. The molecule has 5 nitrogen and oxygen atoms in total. The van der Waals surface area contributed by atoms with Crippen molar-refractivity contribution in [3.05, 3.63) is 24.0 Å². The fourth-order valence-electron chi connectivity index (χ4n) is 1.94. The Kier molecular flexibility index (Phi) is 5.74. The second-order valence-electron chi connectivity index (χ2n) is 4.57. The molecule has 1 aliphatic rings. The predicted molar refractivity (Wildman–Crippen MR) is 75.8 cm³/mol. The number of nitrogens with two attached hydrogens (primary N) is 1. The van der Waals surface area contributed by atoms with Gasteiger partial charge in [0.05, 0.1) is 12.8 Å². The van der Waals surface area contributed by atoms with Crippen LogP contribution in [-0.2, 0) is 9.53 Å². The summed E-state index contributed by atoms with van der Waals surface area (Å²) in [6.07, 6.45) is 0.842. The average molecular weight is 305 g/mol. The van der Waals surface area contributed by atoms with Crippen molar-refractivity contribution in [3.8, 4) is 5.75 Å². The number of ether oxygens (including phenoxy) is 2. The number of halogens is 2. The molecule has 7 heteroatoms. The van der Waals surface area contributed by atoms with Crippen LogP contribution >= 0.6 is 12.4 Å². The minimum Gasteiger partial charge on any atom is -0.497 e. The molecule has 112 valence electrons. The molecule has 1 amide bonds. The molecule has 0 saturated carbocycles. The van der Waals surface area contributed by atoms with Crippen molar-refractivity contribution in [2.24, 2.45) is 5.73 Å². The Morgan fingerprint density at radius 2 is 2.10 bits per heavy atom. The summed E-state index contributed by atoms with van der Waals surface area (Å²) in [7, 11) is 1.47. The fraction of sp³-hybridized carbons (Fsp3) is 0.462. The van der Waals surface area contributed by atoms with Crippen LogP contribution in [0.3, 0.4) is 0 Å². The third kappa shape index (κ3) is 3.59. The summed E-state index contributed by atoms with van der Waals surface area (Å²) in [6.45, 7) is 0.870. The highest BCUT2D eigenvalue weighted by Crippen LogP contribution is 2.24. The third-order valence-corrected chi connectivity index (χ3v) is 3.26. The molecule has 1 aliphatic heterocycles. The fourth-order valence-corrected chi connectivity index (χ4v) is 1.94. The van der Waals surface area contributed by atoms with Gasteiger partial charge in [0.15, 0.2) is 0 Å². The van der Waals surface area contributed by atoms with Gasteiger partial charge in [0.1, 0.15) is 17.1 Å². The molecule has 0 aliphatic carbocycles. The number of hydrogen-bond acceptors (Lipinski definition) is 4. The normalized spacial score (nSPS) is 16.9. The summed E-state index contributed by atoms with van der Waals surface area (Å²) in [5, 5.41) is 2.52. The molecule has 1 aromatic carbocycles. The number of anilines is 1. The van der Waals surface area contributed by atoms with Gasteiger partial charge in [0.25, 0.3) is 0 Å². The molecule has 0 aromatic heterocycles. The van der Waals surface area contributed by atoms with Crippen LogP contribution in [0.25, 0.3) is 0 Å². The molecule has 0 bridgehead atoms. The van der Waals surface area contributed by atoms with Crippen molar-refractivity contribution in [2.45, 2.75) is 18.4 Å². The van der Waals surface area contributed by atoms with Gasteiger partial charge in [-0.1, -0.05) is 0 Å². The third-order valence-electron chi connectivity index (χ3n) is 3.26. The summed E-state index contributed by atoms with van der Waals surface area (Å²) >= 11 is 0. The lowest BCUT2D eigenvalue weighted by Crippen LogP contribution is -2.54. The van der Waals surface area contributed by atoms with Crippen LogP contribution < -0.4 is 15.8 Å². The lowest BCUT2D eigenvalue weighted by molar-refractivity contribution is -0.124. The lowest BCUT2D eigenvalue weighted by Gasteiger charge is -2.31. The van der Waals surface area contributed by atoms with E-state index >= 15 is 0 Å². The Morgan fingerprint density at radius 3 is 2.70 bits per heavy atom. The van der Waals surface area contributed by atoms with Crippen molar-refractivity contribution in [3.63, 3.8) is 0 Å². The number of nitrogens with one attached hydrogen (secondary N) is 1. The molecule has 20 heavy (non-hydrogen) atoms. The Bertz CT molecular complexity index is 479. The van der Waals surface area contributed by atoms with Crippen LogP contribution in [0.1, 0.15) is 12.8 Å². The Labute approximate surface area is 123 Å². The largest absolute Gasteiger partial charge is 0.497 e. The number of benzene rings is 1. The zero-order chi connectivity index (χ0) is 13.9. The van der Waals surface area contributed by atoms with Crippen molar-refractivity contribution in [1.29, 1.82) is 0 Å². The number of carbonyl (C=O) groups excluding carboxylic acids is 1. The molecule has 0 unspecified atom stereocenters. The zero-order valence-corrected chi connectivity index (χ0v) is 12.0. The molecule has 0 atom stereocenters. The molecule has 3 N–H and O–H groups in total. The van der Waals surface area contributed by atoms with Crippen molar-refractivity contribution in [1.82, 2.24) is 0 Å². The first-order valence-electron chi connectivity index (χ1n) is 6.07. The van der Waals surface area contributed by atoms with Gasteiger partial charge in [0, 0.05) is 19.3 Å². The minimum absolute atomic E-state index is 0. The van der Waals surface area contributed by atoms with Gasteiger partial charge in [-0.15, -0.1) is 12.4 Å². The number of amides is 1. The highest BCUT2D eigenvalue weighted by atomic mass is 35.5. The number of rotatable bonds is 3. The quantitative estimate of drug-likeness (QED) is 0.891. The van der Waals surface area contributed by atoms with Crippen LogP contribution in [0.2, 0.25) is 0 Å². The first-order valence-corrected chi connectivity index (χ1v) is 6.07. The highest BCUT2D eigenvalue weighted by molar-refractivity contribution is 5.98. The van der Waals surface area contributed by atoms with Gasteiger partial charge in [-0.3, -0.25) is 4.79 Å². The summed E-state index contributed by atoms with van der Waals surface area (Å²) < 4.78 is 23.8. The van der Waals surface area contributed by atoms with E-state index < -0.39 is 17.3 Å². The van der Waals surface area contributed by atoms with Crippen molar-refractivity contribution in [2.75, 3.05) is 25.6 Å². The maximum atomic E-state index is 13.6. The van der Waals surface area contributed by atoms with E-state index in [0.29, 0.717) is 31.8 Å². The Balaban J connectivity index is 0.00000200. The first kappa shape index (κ1) is 16.7. The summed E-state index contributed by atoms with van der Waals surface area (Å²) in [5.41, 5.74) is 5.09. The summed E-state index contributed by atoms with van der Waals surface area (Å²) in [4.78, 5) is 12.1.